The lowest BCUT2D eigenvalue weighted by molar-refractivity contribution is -0.134. The van der Waals surface area contributed by atoms with Crippen molar-refractivity contribution < 1.29 is 21.6 Å². The highest BCUT2D eigenvalue weighted by Crippen LogP contribution is 2.36. The Morgan fingerprint density at radius 3 is 2.52 bits per heavy atom. The summed E-state index contributed by atoms with van der Waals surface area (Å²) < 4.78 is 63.1. The molecule has 21 heavy (non-hydrogen) atoms. The van der Waals surface area contributed by atoms with Crippen LogP contribution in [-0.2, 0) is 16.2 Å². The molecule has 1 N–H and O–H groups in total. The first-order valence-corrected chi connectivity index (χ1v) is 8.96. The summed E-state index contributed by atoms with van der Waals surface area (Å²) in [5.74, 6) is 0.0225. The van der Waals surface area contributed by atoms with Crippen LogP contribution in [0, 0.1) is 0 Å². The van der Waals surface area contributed by atoms with Gasteiger partial charge >= 0.3 is 6.18 Å². The Morgan fingerprint density at radius 2 is 2.05 bits per heavy atom. The van der Waals surface area contributed by atoms with Crippen molar-refractivity contribution in [2.45, 2.75) is 32.0 Å². The first-order chi connectivity index (χ1) is 9.71. The Labute approximate surface area is 125 Å². The van der Waals surface area contributed by atoms with E-state index in [4.69, 9.17) is 0 Å². The molecular weight excluding hydrogens is 327 g/mol. The molecule has 0 radical (unpaired) electrons. The predicted octanol–water partition coefficient (Wildman–Crippen LogP) is 2.07. The lowest BCUT2D eigenvalue weighted by Crippen LogP contribution is -2.45. The molecule has 1 aromatic rings. The monoisotopic (exact) mass is 343 g/mol. The molecule has 1 fully saturated rings. The van der Waals surface area contributed by atoms with Gasteiger partial charge in [0.05, 0.1) is 11.9 Å². The van der Waals surface area contributed by atoms with E-state index in [-0.39, 0.29) is 11.8 Å². The van der Waals surface area contributed by atoms with Crippen LogP contribution in [0.5, 0.6) is 0 Å². The van der Waals surface area contributed by atoms with Gasteiger partial charge in [-0.1, -0.05) is 11.3 Å². The van der Waals surface area contributed by atoms with Crippen molar-refractivity contribution in [2.24, 2.45) is 0 Å². The van der Waals surface area contributed by atoms with Crippen LogP contribution in [0.25, 0.3) is 0 Å². The summed E-state index contributed by atoms with van der Waals surface area (Å²) in [6, 6.07) is -0.159. The number of nitrogens with one attached hydrogen (secondary N) is 1. The van der Waals surface area contributed by atoms with Gasteiger partial charge in [-0.3, -0.25) is 0 Å². The number of halogens is 3. The molecule has 0 atom stereocenters. The number of rotatable bonds is 4. The van der Waals surface area contributed by atoms with Crippen molar-refractivity contribution in [3.8, 4) is 0 Å². The molecule has 120 valence electrons. The molecule has 0 saturated carbocycles. The third-order valence-corrected chi connectivity index (χ3v) is 5.82. The van der Waals surface area contributed by atoms with E-state index < -0.39 is 21.1 Å². The molecule has 1 aliphatic heterocycles. The molecule has 0 aliphatic carbocycles. The van der Waals surface area contributed by atoms with Gasteiger partial charge in [0.2, 0.25) is 10.0 Å². The number of thiazole rings is 1. The Balaban J connectivity index is 1.94. The minimum absolute atomic E-state index is 0.0225. The normalized spacial score (nSPS) is 18.2. The van der Waals surface area contributed by atoms with Crippen LogP contribution in [0.1, 0.15) is 24.6 Å². The molecule has 0 bridgehead atoms. The number of hydrogen-bond acceptors (Lipinski definition) is 5. The SMILES string of the molecule is CCS(=O)(=O)NC1CCN(c2ncc(C(F)(F)F)s2)CC1. The van der Waals surface area contributed by atoms with Gasteiger partial charge in [-0.25, -0.2) is 18.1 Å². The number of hydrogen-bond donors (Lipinski definition) is 1. The topological polar surface area (TPSA) is 62.3 Å². The first kappa shape index (κ1) is 16.5. The zero-order valence-electron chi connectivity index (χ0n) is 11.4. The zero-order chi connectivity index (χ0) is 15.7. The van der Waals surface area contributed by atoms with E-state index in [1.54, 1.807) is 11.8 Å². The summed E-state index contributed by atoms with van der Waals surface area (Å²) in [5.41, 5.74) is 0. The molecule has 5 nitrogen and oxygen atoms in total. The second kappa shape index (κ2) is 6.09. The predicted molar refractivity (Wildman–Crippen MR) is 74.9 cm³/mol. The summed E-state index contributed by atoms with van der Waals surface area (Å²) >= 11 is 0.616. The Kier molecular flexibility index (Phi) is 4.79. The maximum atomic E-state index is 12.5. The number of anilines is 1. The minimum Gasteiger partial charge on any atom is -0.348 e. The molecule has 2 rings (SSSR count). The van der Waals surface area contributed by atoms with Gasteiger partial charge in [-0.15, -0.1) is 0 Å². The number of piperidine rings is 1. The van der Waals surface area contributed by atoms with Gasteiger partial charge in [-0.2, -0.15) is 13.2 Å². The van der Waals surface area contributed by atoms with Gasteiger partial charge in [-0.05, 0) is 19.8 Å². The average molecular weight is 343 g/mol. The molecule has 1 aromatic heterocycles. The Hall–Kier alpha value is -0.870. The first-order valence-electron chi connectivity index (χ1n) is 6.49. The van der Waals surface area contributed by atoms with Gasteiger partial charge in [0.15, 0.2) is 5.13 Å². The second-order valence-electron chi connectivity index (χ2n) is 4.79. The lowest BCUT2D eigenvalue weighted by atomic mass is 10.1. The van der Waals surface area contributed by atoms with Crippen LogP contribution in [0.3, 0.4) is 0 Å². The molecule has 0 aromatic carbocycles. The third kappa shape index (κ3) is 4.30. The maximum absolute atomic E-state index is 12.5. The average Bonchev–Trinajstić information content (AvgIpc) is 2.89. The van der Waals surface area contributed by atoms with Crippen molar-refractivity contribution in [1.29, 1.82) is 0 Å². The van der Waals surface area contributed by atoms with Crippen LogP contribution in [-0.4, -0.2) is 38.3 Å². The molecule has 2 heterocycles. The highest BCUT2D eigenvalue weighted by molar-refractivity contribution is 7.89. The quantitative estimate of drug-likeness (QED) is 0.909. The van der Waals surface area contributed by atoms with E-state index in [0.29, 0.717) is 42.4 Å². The van der Waals surface area contributed by atoms with Crippen LogP contribution in [0.4, 0.5) is 18.3 Å². The summed E-state index contributed by atoms with van der Waals surface area (Å²) in [6.45, 7) is 2.54. The van der Waals surface area contributed by atoms with Crippen LogP contribution in [0.2, 0.25) is 0 Å². The minimum atomic E-state index is -4.37. The fourth-order valence-corrected chi connectivity index (χ4v) is 3.81. The van der Waals surface area contributed by atoms with Gasteiger partial charge in [0.1, 0.15) is 4.88 Å². The van der Waals surface area contributed by atoms with E-state index in [2.05, 4.69) is 9.71 Å². The zero-order valence-corrected chi connectivity index (χ0v) is 13.0. The van der Waals surface area contributed by atoms with E-state index >= 15 is 0 Å². The molecular formula is C11H16F3N3O2S2. The maximum Gasteiger partial charge on any atom is 0.427 e. The van der Waals surface area contributed by atoms with E-state index in [9.17, 15) is 21.6 Å². The molecule has 0 unspecified atom stereocenters. The molecule has 1 saturated heterocycles. The Bertz CT molecular complexity index is 578. The summed E-state index contributed by atoms with van der Waals surface area (Å²) in [7, 11) is -3.25. The molecule has 1 aliphatic rings. The van der Waals surface area contributed by atoms with Crippen LogP contribution < -0.4 is 9.62 Å². The van der Waals surface area contributed by atoms with Crippen LogP contribution in [0.15, 0.2) is 6.20 Å². The van der Waals surface area contributed by atoms with Crippen molar-refractivity contribution >= 4 is 26.5 Å². The van der Waals surface area contributed by atoms with E-state index in [1.165, 1.54) is 0 Å². The van der Waals surface area contributed by atoms with E-state index in [0.717, 1.165) is 6.20 Å². The van der Waals surface area contributed by atoms with Gasteiger partial charge in [0.25, 0.3) is 0 Å². The lowest BCUT2D eigenvalue weighted by Gasteiger charge is -2.31. The highest BCUT2D eigenvalue weighted by Gasteiger charge is 2.34. The Morgan fingerprint density at radius 1 is 1.43 bits per heavy atom. The largest absolute Gasteiger partial charge is 0.427 e. The number of nitrogens with zero attached hydrogens (tertiary/aromatic N) is 2. The standard InChI is InChI=1S/C11H16F3N3O2S2/c1-2-21(18,19)16-8-3-5-17(6-4-8)10-15-7-9(20-10)11(12,13)14/h7-8,16H,2-6H2,1H3. The number of sulfonamides is 1. The van der Waals surface area contributed by atoms with E-state index in [1.807, 2.05) is 0 Å². The second-order valence-corrected chi connectivity index (χ2v) is 7.84. The van der Waals surface area contributed by atoms with Gasteiger partial charge < -0.3 is 4.90 Å². The smallest absolute Gasteiger partial charge is 0.348 e. The van der Waals surface area contributed by atoms with Gasteiger partial charge in [0, 0.05) is 19.1 Å². The van der Waals surface area contributed by atoms with Crippen LogP contribution >= 0.6 is 11.3 Å². The summed E-state index contributed by atoms with van der Waals surface area (Å²) in [6.07, 6.45) is -2.42. The molecule has 10 heteroatoms. The van der Waals surface area contributed by atoms with Crippen molar-refractivity contribution in [2.75, 3.05) is 23.7 Å². The number of alkyl halides is 3. The van der Waals surface area contributed by atoms with Crippen molar-refractivity contribution in [1.82, 2.24) is 9.71 Å². The fraction of sp³-hybridized carbons (Fsp3) is 0.727. The molecule has 0 amide bonds. The third-order valence-electron chi connectivity index (χ3n) is 3.26. The van der Waals surface area contributed by atoms with Crippen molar-refractivity contribution in [3.05, 3.63) is 11.1 Å². The summed E-state index contributed by atoms with van der Waals surface area (Å²) in [4.78, 5) is 4.85. The summed E-state index contributed by atoms with van der Waals surface area (Å²) in [5, 5.41) is 0.333. The molecule has 0 spiro atoms. The number of aromatic nitrogens is 1. The highest BCUT2D eigenvalue weighted by atomic mass is 32.2. The fourth-order valence-electron chi connectivity index (χ4n) is 2.07. The van der Waals surface area contributed by atoms with Crippen molar-refractivity contribution in [3.63, 3.8) is 0 Å².